The Morgan fingerprint density at radius 3 is 2.78 bits per heavy atom. The van der Waals surface area contributed by atoms with Gasteiger partial charge in [0.2, 0.25) is 5.91 Å². The zero-order valence-corrected chi connectivity index (χ0v) is 12.0. The first-order valence-electron chi connectivity index (χ1n) is 6.25. The van der Waals surface area contributed by atoms with E-state index in [0.29, 0.717) is 10.9 Å². The Morgan fingerprint density at radius 1 is 1.39 bits per heavy atom. The minimum Gasteiger partial charge on any atom is -0.375 e. The van der Waals surface area contributed by atoms with Gasteiger partial charge in [-0.15, -0.1) is 0 Å². The van der Waals surface area contributed by atoms with Crippen molar-refractivity contribution in [3.05, 3.63) is 28.8 Å². The number of amides is 1. The molecule has 0 fully saturated rings. The molecule has 0 aliphatic carbocycles. The van der Waals surface area contributed by atoms with E-state index in [2.05, 4.69) is 24.5 Å². The molecular formula is C14H21ClN2O. The van der Waals surface area contributed by atoms with Crippen molar-refractivity contribution >= 4 is 23.2 Å². The highest BCUT2D eigenvalue weighted by Crippen LogP contribution is 2.22. The van der Waals surface area contributed by atoms with Gasteiger partial charge in [-0.2, -0.15) is 0 Å². The average Bonchev–Trinajstić information content (AvgIpc) is 2.30. The number of anilines is 1. The standard InChI is InChI=1S/C14H21ClN2O/c1-10(2)6-7-16-14(18)9-17-13-8-11(3)4-5-12(13)15/h4-5,8,10,17H,6-7,9H2,1-3H3,(H,16,18). The van der Waals surface area contributed by atoms with Crippen molar-refractivity contribution in [1.82, 2.24) is 5.32 Å². The maximum Gasteiger partial charge on any atom is 0.239 e. The first-order chi connectivity index (χ1) is 8.49. The van der Waals surface area contributed by atoms with Crippen LogP contribution in [-0.4, -0.2) is 19.0 Å². The van der Waals surface area contributed by atoms with Crippen LogP contribution in [0.2, 0.25) is 5.02 Å². The van der Waals surface area contributed by atoms with Crippen molar-refractivity contribution in [3.63, 3.8) is 0 Å². The Labute approximate surface area is 114 Å². The molecule has 0 saturated carbocycles. The average molecular weight is 269 g/mol. The summed E-state index contributed by atoms with van der Waals surface area (Å²) in [6.07, 6.45) is 0.997. The third-order valence-corrected chi connectivity index (χ3v) is 2.93. The van der Waals surface area contributed by atoms with Gasteiger partial charge in [0.05, 0.1) is 17.3 Å². The van der Waals surface area contributed by atoms with Gasteiger partial charge >= 0.3 is 0 Å². The van der Waals surface area contributed by atoms with E-state index in [4.69, 9.17) is 11.6 Å². The molecule has 0 aliphatic rings. The highest BCUT2D eigenvalue weighted by Gasteiger charge is 2.04. The number of aryl methyl sites for hydroxylation is 1. The van der Waals surface area contributed by atoms with Crippen molar-refractivity contribution < 1.29 is 4.79 Å². The van der Waals surface area contributed by atoms with E-state index in [9.17, 15) is 4.79 Å². The highest BCUT2D eigenvalue weighted by atomic mass is 35.5. The van der Waals surface area contributed by atoms with Crippen molar-refractivity contribution in [2.75, 3.05) is 18.4 Å². The molecule has 1 rings (SSSR count). The molecule has 1 aromatic carbocycles. The van der Waals surface area contributed by atoms with Crippen LogP contribution in [-0.2, 0) is 4.79 Å². The molecule has 0 unspecified atom stereocenters. The molecule has 0 heterocycles. The fourth-order valence-corrected chi connectivity index (χ4v) is 1.70. The van der Waals surface area contributed by atoms with E-state index in [0.717, 1.165) is 24.2 Å². The topological polar surface area (TPSA) is 41.1 Å². The lowest BCUT2D eigenvalue weighted by atomic mass is 10.1. The Hall–Kier alpha value is -1.22. The third-order valence-electron chi connectivity index (χ3n) is 2.61. The highest BCUT2D eigenvalue weighted by molar-refractivity contribution is 6.33. The monoisotopic (exact) mass is 268 g/mol. The molecule has 2 N–H and O–H groups in total. The summed E-state index contributed by atoms with van der Waals surface area (Å²) < 4.78 is 0. The Kier molecular flexibility index (Phi) is 5.99. The van der Waals surface area contributed by atoms with Crippen molar-refractivity contribution in [2.45, 2.75) is 27.2 Å². The van der Waals surface area contributed by atoms with E-state index in [1.165, 1.54) is 0 Å². The number of halogens is 1. The summed E-state index contributed by atoms with van der Waals surface area (Å²) in [7, 11) is 0. The summed E-state index contributed by atoms with van der Waals surface area (Å²) in [5.41, 5.74) is 1.91. The fraction of sp³-hybridized carbons (Fsp3) is 0.500. The predicted octanol–water partition coefficient (Wildman–Crippen LogP) is 3.22. The number of hydrogen-bond acceptors (Lipinski definition) is 2. The van der Waals surface area contributed by atoms with E-state index in [1.807, 2.05) is 25.1 Å². The smallest absolute Gasteiger partial charge is 0.239 e. The van der Waals surface area contributed by atoms with Crippen molar-refractivity contribution in [1.29, 1.82) is 0 Å². The van der Waals surface area contributed by atoms with Crippen LogP contribution in [0.1, 0.15) is 25.8 Å². The Bertz CT molecular complexity index is 405. The Morgan fingerprint density at radius 2 is 2.11 bits per heavy atom. The molecule has 100 valence electrons. The van der Waals surface area contributed by atoms with Gasteiger partial charge in [-0.1, -0.05) is 31.5 Å². The van der Waals surface area contributed by atoms with E-state index >= 15 is 0 Å². The summed E-state index contributed by atoms with van der Waals surface area (Å²) >= 11 is 6.03. The minimum atomic E-state index is -0.00628. The fourth-order valence-electron chi connectivity index (χ4n) is 1.51. The van der Waals surface area contributed by atoms with Crippen LogP contribution < -0.4 is 10.6 Å². The van der Waals surface area contributed by atoms with E-state index in [-0.39, 0.29) is 12.5 Å². The SMILES string of the molecule is Cc1ccc(Cl)c(NCC(=O)NCCC(C)C)c1. The minimum absolute atomic E-state index is 0.00628. The molecule has 1 aromatic rings. The van der Waals surface area contributed by atoms with E-state index in [1.54, 1.807) is 0 Å². The molecule has 4 heteroatoms. The molecule has 3 nitrogen and oxygen atoms in total. The van der Waals surface area contributed by atoms with Crippen LogP contribution >= 0.6 is 11.6 Å². The van der Waals surface area contributed by atoms with Gasteiger partial charge in [0, 0.05) is 6.54 Å². The third kappa shape index (κ3) is 5.41. The lowest BCUT2D eigenvalue weighted by Crippen LogP contribution is -2.31. The lowest BCUT2D eigenvalue weighted by Gasteiger charge is -2.10. The zero-order valence-electron chi connectivity index (χ0n) is 11.2. The van der Waals surface area contributed by atoms with Gasteiger partial charge in [-0.05, 0) is 37.0 Å². The van der Waals surface area contributed by atoms with Crippen LogP contribution in [0, 0.1) is 12.8 Å². The summed E-state index contributed by atoms with van der Waals surface area (Å²) in [6.45, 7) is 7.24. The molecule has 0 aliphatic heterocycles. The molecule has 0 spiro atoms. The molecular weight excluding hydrogens is 248 g/mol. The first-order valence-corrected chi connectivity index (χ1v) is 6.63. The van der Waals surface area contributed by atoms with Crippen LogP contribution in [0.3, 0.4) is 0 Å². The van der Waals surface area contributed by atoms with Gasteiger partial charge in [0.1, 0.15) is 0 Å². The number of benzene rings is 1. The van der Waals surface area contributed by atoms with Gasteiger partial charge in [-0.3, -0.25) is 4.79 Å². The van der Waals surface area contributed by atoms with Gasteiger partial charge < -0.3 is 10.6 Å². The second kappa shape index (κ2) is 7.27. The van der Waals surface area contributed by atoms with Crippen molar-refractivity contribution in [2.24, 2.45) is 5.92 Å². The summed E-state index contributed by atoms with van der Waals surface area (Å²) in [4.78, 5) is 11.6. The van der Waals surface area contributed by atoms with Crippen LogP contribution in [0.25, 0.3) is 0 Å². The number of carbonyl (C=O) groups excluding carboxylic acids is 1. The molecule has 0 atom stereocenters. The van der Waals surface area contributed by atoms with Gasteiger partial charge in [-0.25, -0.2) is 0 Å². The number of nitrogens with one attached hydrogen (secondary N) is 2. The largest absolute Gasteiger partial charge is 0.375 e. The second-order valence-corrected chi connectivity index (χ2v) is 5.28. The zero-order chi connectivity index (χ0) is 13.5. The summed E-state index contributed by atoms with van der Waals surface area (Å²) in [5, 5.41) is 6.56. The number of carbonyl (C=O) groups is 1. The van der Waals surface area contributed by atoms with Crippen LogP contribution in [0.15, 0.2) is 18.2 Å². The molecule has 0 saturated heterocycles. The number of rotatable bonds is 6. The van der Waals surface area contributed by atoms with Gasteiger partial charge in [0.15, 0.2) is 0 Å². The molecule has 18 heavy (non-hydrogen) atoms. The normalized spacial score (nSPS) is 10.5. The van der Waals surface area contributed by atoms with Crippen LogP contribution in [0.5, 0.6) is 0 Å². The predicted molar refractivity (Wildman–Crippen MR) is 77.1 cm³/mol. The van der Waals surface area contributed by atoms with E-state index < -0.39 is 0 Å². The molecule has 1 amide bonds. The van der Waals surface area contributed by atoms with Crippen LogP contribution in [0.4, 0.5) is 5.69 Å². The summed E-state index contributed by atoms with van der Waals surface area (Å²) in [5.74, 6) is 0.595. The number of hydrogen-bond donors (Lipinski definition) is 2. The van der Waals surface area contributed by atoms with Gasteiger partial charge in [0.25, 0.3) is 0 Å². The molecule has 0 bridgehead atoms. The van der Waals surface area contributed by atoms with Crippen molar-refractivity contribution in [3.8, 4) is 0 Å². The molecule has 0 aromatic heterocycles. The first kappa shape index (κ1) is 14.8. The maximum absolute atomic E-state index is 11.6. The Balaban J connectivity index is 2.36. The second-order valence-electron chi connectivity index (χ2n) is 4.87. The summed E-state index contributed by atoms with van der Waals surface area (Å²) in [6, 6.07) is 5.70. The maximum atomic E-state index is 11.6. The molecule has 0 radical (unpaired) electrons. The lowest BCUT2D eigenvalue weighted by molar-refractivity contribution is -0.119. The quantitative estimate of drug-likeness (QED) is 0.832.